The highest BCUT2D eigenvalue weighted by atomic mass is 35.5. The summed E-state index contributed by atoms with van der Waals surface area (Å²) < 4.78 is 5.57. The first-order chi connectivity index (χ1) is 10.6. The van der Waals surface area contributed by atoms with Gasteiger partial charge in [0, 0.05) is 23.5 Å². The maximum Gasteiger partial charge on any atom is 0.339 e. The molecule has 0 saturated heterocycles. The third kappa shape index (κ3) is 2.31. The van der Waals surface area contributed by atoms with Crippen molar-refractivity contribution in [1.29, 1.82) is 0 Å². The normalized spacial score (nSPS) is 17.7. The van der Waals surface area contributed by atoms with Crippen molar-refractivity contribution >= 4 is 22.6 Å². The summed E-state index contributed by atoms with van der Waals surface area (Å²) in [5.41, 5.74) is 2.64. The Bertz CT molecular complexity index is 808. The fraction of sp³-hybridized carbons (Fsp3) is 0.471. The van der Waals surface area contributed by atoms with Crippen LogP contribution in [-0.4, -0.2) is 11.1 Å². The highest BCUT2D eigenvalue weighted by molar-refractivity contribution is 6.33. The van der Waals surface area contributed by atoms with Crippen LogP contribution in [0.2, 0.25) is 5.02 Å². The van der Waals surface area contributed by atoms with Gasteiger partial charge in [-0.25, -0.2) is 4.79 Å². The Hall–Kier alpha value is -1.52. The van der Waals surface area contributed by atoms with Gasteiger partial charge >= 0.3 is 5.63 Å². The van der Waals surface area contributed by atoms with E-state index in [1.807, 2.05) is 0 Å². The number of aromatic hydroxyl groups is 1. The molecule has 116 valence electrons. The summed E-state index contributed by atoms with van der Waals surface area (Å²) >= 11 is 6.21. The molecule has 2 aliphatic rings. The molecule has 22 heavy (non-hydrogen) atoms. The molecule has 2 aromatic rings. The molecule has 1 saturated carbocycles. The monoisotopic (exact) mass is 319 g/mol. The minimum Gasteiger partial charge on any atom is -0.506 e. The van der Waals surface area contributed by atoms with E-state index in [-0.39, 0.29) is 11.4 Å². The van der Waals surface area contributed by atoms with E-state index in [2.05, 4.69) is 5.32 Å². The minimum atomic E-state index is -0.267. The smallest absolute Gasteiger partial charge is 0.339 e. The average molecular weight is 320 g/mol. The van der Waals surface area contributed by atoms with Crippen molar-refractivity contribution in [2.24, 2.45) is 0 Å². The molecule has 0 radical (unpaired) electrons. The Balaban J connectivity index is 1.94. The molecular weight excluding hydrogens is 302 g/mol. The summed E-state index contributed by atoms with van der Waals surface area (Å²) in [7, 11) is 0. The number of hydrogen-bond donors (Lipinski definition) is 2. The predicted octanol–water partition coefficient (Wildman–Crippen LogP) is 3.28. The van der Waals surface area contributed by atoms with Gasteiger partial charge in [0.15, 0.2) is 0 Å². The van der Waals surface area contributed by atoms with Gasteiger partial charge in [-0.2, -0.15) is 0 Å². The number of hydrogen-bond acceptors (Lipinski definition) is 4. The number of benzene rings is 1. The van der Waals surface area contributed by atoms with E-state index in [9.17, 15) is 9.90 Å². The van der Waals surface area contributed by atoms with Crippen LogP contribution in [0.25, 0.3) is 11.0 Å². The zero-order valence-electron chi connectivity index (χ0n) is 12.2. The second-order valence-electron chi connectivity index (χ2n) is 6.27. The number of halogens is 1. The first-order valence-electron chi connectivity index (χ1n) is 7.87. The molecule has 4 rings (SSSR count). The third-order valence-electron chi connectivity index (χ3n) is 4.68. The summed E-state index contributed by atoms with van der Waals surface area (Å²) in [6, 6.07) is 2.23. The van der Waals surface area contributed by atoms with E-state index in [4.69, 9.17) is 16.0 Å². The van der Waals surface area contributed by atoms with Gasteiger partial charge in [0.25, 0.3) is 0 Å². The lowest BCUT2D eigenvalue weighted by Crippen LogP contribution is -2.19. The van der Waals surface area contributed by atoms with E-state index in [0.29, 0.717) is 28.8 Å². The molecule has 2 N–H and O–H groups in total. The third-order valence-corrected chi connectivity index (χ3v) is 4.97. The van der Waals surface area contributed by atoms with Gasteiger partial charge in [-0.3, -0.25) is 0 Å². The van der Waals surface area contributed by atoms with E-state index in [1.165, 1.54) is 0 Å². The number of aryl methyl sites for hydroxylation is 1. The van der Waals surface area contributed by atoms with Crippen molar-refractivity contribution in [2.75, 3.05) is 0 Å². The molecule has 0 unspecified atom stereocenters. The zero-order chi connectivity index (χ0) is 15.3. The molecule has 0 aliphatic heterocycles. The summed E-state index contributed by atoms with van der Waals surface area (Å²) in [5, 5.41) is 14.8. The maximum absolute atomic E-state index is 12.3. The summed E-state index contributed by atoms with van der Waals surface area (Å²) in [6.07, 6.45) is 6.03. The van der Waals surface area contributed by atoms with Gasteiger partial charge in [-0.1, -0.05) is 11.6 Å². The van der Waals surface area contributed by atoms with Crippen LogP contribution in [0, 0.1) is 0 Å². The van der Waals surface area contributed by atoms with Crippen LogP contribution in [0.5, 0.6) is 5.75 Å². The second-order valence-corrected chi connectivity index (χ2v) is 6.68. The quantitative estimate of drug-likeness (QED) is 0.852. The second kappa shape index (κ2) is 5.28. The van der Waals surface area contributed by atoms with Crippen LogP contribution in [0.3, 0.4) is 0 Å². The standard InChI is InChI=1S/C17H18ClNO3/c18-14-7-12-10-3-1-2-4-11(10)17(21)22-16(12)13(15(14)20)8-19-9-5-6-9/h7,9,19-20H,1-6,8H2. The summed E-state index contributed by atoms with van der Waals surface area (Å²) in [5.74, 6) is 0.0150. The van der Waals surface area contributed by atoms with Crippen LogP contribution >= 0.6 is 11.6 Å². The number of phenols is 1. The zero-order valence-corrected chi connectivity index (χ0v) is 13.0. The first kappa shape index (κ1) is 14.1. The Morgan fingerprint density at radius 1 is 1.27 bits per heavy atom. The Kier molecular flexibility index (Phi) is 3.39. The van der Waals surface area contributed by atoms with Crippen molar-refractivity contribution in [1.82, 2.24) is 5.32 Å². The lowest BCUT2D eigenvalue weighted by molar-refractivity contribution is 0.459. The SMILES string of the molecule is O=c1oc2c(CNC3CC3)c(O)c(Cl)cc2c2c1CCCC2. The highest BCUT2D eigenvalue weighted by Gasteiger charge is 2.25. The van der Waals surface area contributed by atoms with E-state index in [0.717, 1.165) is 55.0 Å². The van der Waals surface area contributed by atoms with Crippen LogP contribution < -0.4 is 10.9 Å². The fourth-order valence-corrected chi connectivity index (χ4v) is 3.52. The summed E-state index contributed by atoms with van der Waals surface area (Å²) in [4.78, 5) is 12.3. The Morgan fingerprint density at radius 2 is 2.00 bits per heavy atom. The van der Waals surface area contributed by atoms with Gasteiger partial charge in [0.1, 0.15) is 11.3 Å². The molecule has 1 fully saturated rings. The molecular formula is C17H18ClNO3. The Morgan fingerprint density at radius 3 is 2.73 bits per heavy atom. The molecule has 5 heteroatoms. The van der Waals surface area contributed by atoms with Crippen LogP contribution in [0.15, 0.2) is 15.3 Å². The number of fused-ring (bicyclic) bond motifs is 3. The summed E-state index contributed by atoms with van der Waals surface area (Å²) in [6.45, 7) is 0.468. The topological polar surface area (TPSA) is 62.5 Å². The average Bonchev–Trinajstić information content (AvgIpc) is 3.34. The number of rotatable bonds is 3. The molecule has 4 nitrogen and oxygen atoms in total. The van der Waals surface area contributed by atoms with E-state index >= 15 is 0 Å². The van der Waals surface area contributed by atoms with Gasteiger partial charge in [-0.05, 0) is 50.2 Å². The van der Waals surface area contributed by atoms with Gasteiger partial charge in [0.2, 0.25) is 0 Å². The highest BCUT2D eigenvalue weighted by Crippen LogP contribution is 2.38. The minimum absolute atomic E-state index is 0.0150. The molecule has 0 amide bonds. The van der Waals surface area contributed by atoms with Gasteiger partial charge in [0.05, 0.1) is 10.6 Å². The molecule has 1 aromatic heterocycles. The van der Waals surface area contributed by atoms with Crippen molar-refractivity contribution in [3.05, 3.63) is 38.2 Å². The molecule has 0 atom stereocenters. The number of nitrogens with one attached hydrogen (secondary N) is 1. The fourth-order valence-electron chi connectivity index (χ4n) is 3.30. The Labute approximate surface area is 133 Å². The lowest BCUT2D eigenvalue weighted by atomic mass is 9.90. The van der Waals surface area contributed by atoms with Crippen LogP contribution in [0.4, 0.5) is 0 Å². The van der Waals surface area contributed by atoms with E-state index in [1.54, 1.807) is 6.07 Å². The predicted molar refractivity (Wildman–Crippen MR) is 85.7 cm³/mol. The molecule has 0 bridgehead atoms. The van der Waals surface area contributed by atoms with Gasteiger partial charge < -0.3 is 14.8 Å². The molecule has 1 heterocycles. The van der Waals surface area contributed by atoms with Crippen molar-refractivity contribution < 1.29 is 9.52 Å². The molecule has 0 spiro atoms. The van der Waals surface area contributed by atoms with Crippen LogP contribution in [0.1, 0.15) is 42.4 Å². The van der Waals surface area contributed by atoms with Crippen molar-refractivity contribution in [3.63, 3.8) is 0 Å². The lowest BCUT2D eigenvalue weighted by Gasteiger charge is -2.18. The molecule has 1 aromatic carbocycles. The van der Waals surface area contributed by atoms with Crippen molar-refractivity contribution in [2.45, 2.75) is 51.1 Å². The number of phenolic OH excluding ortho intramolecular Hbond substituents is 1. The largest absolute Gasteiger partial charge is 0.506 e. The van der Waals surface area contributed by atoms with Crippen LogP contribution in [-0.2, 0) is 19.4 Å². The van der Waals surface area contributed by atoms with Crippen molar-refractivity contribution in [3.8, 4) is 5.75 Å². The van der Waals surface area contributed by atoms with Gasteiger partial charge in [-0.15, -0.1) is 0 Å². The molecule has 2 aliphatic carbocycles. The van der Waals surface area contributed by atoms with E-state index < -0.39 is 0 Å². The first-order valence-corrected chi connectivity index (χ1v) is 8.25. The maximum atomic E-state index is 12.3.